The highest BCUT2D eigenvalue weighted by Crippen LogP contribution is 2.26. The molecular formula is C13H16ClNO3S. The Morgan fingerprint density at radius 3 is 2.42 bits per heavy atom. The first-order valence-corrected chi connectivity index (χ1v) is 8.43. The van der Waals surface area contributed by atoms with Gasteiger partial charge in [0.05, 0.1) is 4.90 Å². The number of carbonyl (C=O) groups is 1. The van der Waals surface area contributed by atoms with E-state index in [9.17, 15) is 13.2 Å². The molecule has 0 atom stereocenters. The normalized spacial score (nSPS) is 15.9. The number of amides is 1. The molecule has 6 heteroatoms. The van der Waals surface area contributed by atoms with Crippen LogP contribution in [0.25, 0.3) is 0 Å². The summed E-state index contributed by atoms with van der Waals surface area (Å²) in [4.78, 5) is 14.0. The number of hydrogen-bond donors (Lipinski definition) is 0. The number of rotatable bonds is 3. The van der Waals surface area contributed by atoms with Crippen LogP contribution in [0.15, 0.2) is 23.1 Å². The van der Waals surface area contributed by atoms with Crippen molar-refractivity contribution in [3.8, 4) is 0 Å². The van der Waals surface area contributed by atoms with E-state index in [-0.39, 0.29) is 16.8 Å². The van der Waals surface area contributed by atoms with E-state index >= 15 is 0 Å². The zero-order chi connectivity index (χ0) is 14.2. The van der Waals surface area contributed by atoms with Crippen LogP contribution in [-0.4, -0.2) is 32.3 Å². The van der Waals surface area contributed by atoms with Crippen LogP contribution in [0.1, 0.15) is 35.2 Å². The van der Waals surface area contributed by atoms with E-state index in [0.29, 0.717) is 11.1 Å². The molecule has 0 radical (unpaired) electrons. The lowest BCUT2D eigenvalue weighted by atomic mass is 9.91. The van der Waals surface area contributed by atoms with Crippen molar-refractivity contribution in [1.82, 2.24) is 4.90 Å². The minimum absolute atomic E-state index is 0.0282. The van der Waals surface area contributed by atoms with Crippen molar-refractivity contribution in [2.24, 2.45) is 0 Å². The Balaban J connectivity index is 2.34. The lowest BCUT2D eigenvalue weighted by Crippen LogP contribution is -2.41. The number of nitrogens with zero attached hydrogens (tertiary/aromatic N) is 1. The standard InChI is InChI=1S/C13H16ClNO3S/c1-9-6-10(8-12(7-9)19(14,17)18)13(16)15(2)11-4-3-5-11/h6-8,11H,3-5H2,1-2H3. The fourth-order valence-electron chi connectivity index (χ4n) is 2.16. The summed E-state index contributed by atoms with van der Waals surface area (Å²) in [5, 5.41) is 0. The van der Waals surface area contributed by atoms with Crippen molar-refractivity contribution in [2.45, 2.75) is 37.1 Å². The van der Waals surface area contributed by atoms with Gasteiger partial charge in [0.15, 0.2) is 0 Å². The van der Waals surface area contributed by atoms with Gasteiger partial charge in [-0.15, -0.1) is 0 Å². The van der Waals surface area contributed by atoms with Crippen LogP contribution in [0, 0.1) is 6.92 Å². The second kappa shape index (κ2) is 5.13. The molecule has 0 spiro atoms. The highest BCUT2D eigenvalue weighted by Gasteiger charge is 2.27. The van der Waals surface area contributed by atoms with Gasteiger partial charge in [-0.2, -0.15) is 0 Å². The predicted molar refractivity (Wildman–Crippen MR) is 74.0 cm³/mol. The molecule has 1 saturated carbocycles. The van der Waals surface area contributed by atoms with Gasteiger partial charge >= 0.3 is 0 Å². The Bertz CT molecular complexity index is 608. The largest absolute Gasteiger partial charge is 0.339 e. The van der Waals surface area contributed by atoms with Crippen molar-refractivity contribution >= 4 is 25.6 Å². The Labute approximate surface area is 117 Å². The lowest BCUT2D eigenvalue weighted by molar-refractivity contribution is 0.0651. The maximum Gasteiger partial charge on any atom is 0.261 e. The average molecular weight is 302 g/mol. The number of hydrogen-bond acceptors (Lipinski definition) is 3. The van der Waals surface area contributed by atoms with E-state index in [4.69, 9.17) is 10.7 Å². The van der Waals surface area contributed by atoms with Gasteiger partial charge in [0.25, 0.3) is 15.0 Å². The van der Waals surface area contributed by atoms with E-state index in [1.807, 2.05) is 0 Å². The molecule has 0 aromatic heterocycles. The third kappa shape index (κ3) is 3.09. The topological polar surface area (TPSA) is 54.5 Å². The molecule has 1 aromatic carbocycles. The van der Waals surface area contributed by atoms with Crippen LogP contribution < -0.4 is 0 Å². The van der Waals surface area contributed by atoms with E-state index < -0.39 is 9.05 Å². The molecule has 1 amide bonds. The minimum Gasteiger partial charge on any atom is -0.339 e. The minimum atomic E-state index is -3.82. The SMILES string of the molecule is Cc1cc(C(=O)N(C)C2CCC2)cc(S(=O)(=O)Cl)c1. The van der Waals surface area contributed by atoms with Crippen LogP contribution in [0.3, 0.4) is 0 Å². The first-order chi connectivity index (χ1) is 8.79. The number of benzene rings is 1. The summed E-state index contributed by atoms with van der Waals surface area (Å²) < 4.78 is 22.7. The Hall–Kier alpha value is -1.07. The third-order valence-corrected chi connectivity index (χ3v) is 4.86. The van der Waals surface area contributed by atoms with Crippen LogP contribution in [0.5, 0.6) is 0 Å². The molecule has 19 heavy (non-hydrogen) atoms. The molecule has 0 N–H and O–H groups in total. The van der Waals surface area contributed by atoms with Crippen molar-refractivity contribution in [3.05, 3.63) is 29.3 Å². The summed E-state index contributed by atoms with van der Waals surface area (Å²) in [6, 6.07) is 4.75. The molecule has 0 saturated heterocycles. The van der Waals surface area contributed by atoms with Gasteiger partial charge in [-0.1, -0.05) is 0 Å². The van der Waals surface area contributed by atoms with Gasteiger partial charge in [-0.25, -0.2) is 8.42 Å². The van der Waals surface area contributed by atoms with E-state index in [1.165, 1.54) is 12.1 Å². The van der Waals surface area contributed by atoms with Crippen molar-refractivity contribution < 1.29 is 13.2 Å². The zero-order valence-electron chi connectivity index (χ0n) is 10.9. The van der Waals surface area contributed by atoms with Gasteiger partial charge in [-0.05, 0) is 49.9 Å². The van der Waals surface area contributed by atoms with Crippen LogP contribution >= 0.6 is 10.7 Å². The molecule has 1 fully saturated rings. The van der Waals surface area contributed by atoms with E-state index in [2.05, 4.69) is 0 Å². The Morgan fingerprint density at radius 1 is 1.32 bits per heavy atom. The second-order valence-electron chi connectivity index (χ2n) is 4.97. The molecule has 2 rings (SSSR count). The fraction of sp³-hybridized carbons (Fsp3) is 0.462. The number of halogens is 1. The summed E-state index contributed by atoms with van der Waals surface area (Å²) in [7, 11) is 3.27. The monoisotopic (exact) mass is 301 g/mol. The molecule has 0 unspecified atom stereocenters. The first kappa shape index (κ1) is 14.3. The summed E-state index contributed by atoms with van der Waals surface area (Å²) >= 11 is 0. The second-order valence-corrected chi connectivity index (χ2v) is 7.54. The van der Waals surface area contributed by atoms with Gasteiger partial charge in [0.1, 0.15) is 0 Å². The van der Waals surface area contributed by atoms with Crippen LogP contribution in [-0.2, 0) is 9.05 Å². The molecule has 0 heterocycles. The average Bonchev–Trinajstić information content (AvgIpc) is 2.23. The number of aryl methyl sites for hydroxylation is 1. The fourth-order valence-corrected chi connectivity index (χ4v) is 3.02. The predicted octanol–water partition coefficient (Wildman–Crippen LogP) is 2.55. The smallest absolute Gasteiger partial charge is 0.261 e. The molecular weight excluding hydrogens is 286 g/mol. The molecule has 104 valence electrons. The third-order valence-electron chi connectivity index (χ3n) is 3.52. The summed E-state index contributed by atoms with van der Waals surface area (Å²) in [5.41, 5.74) is 1.07. The van der Waals surface area contributed by atoms with Crippen molar-refractivity contribution in [3.63, 3.8) is 0 Å². The number of carbonyl (C=O) groups excluding carboxylic acids is 1. The molecule has 0 aliphatic heterocycles. The first-order valence-electron chi connectivity index (χ1n) is 6.12. The van der Waals surface area contributed by atoms with Crippen LogP contribution in [0.4, 0.5) is 0 Å². The summed E-state index contributed by atoms with van der Waals surface area (Å²) in [5.74, 6) is -0.157. The summed E-state index contributed by atoms with van der Waals surface area (Å²) in [6.07, 6.45) is 3.15. The van der Waals surface area contributed by atoms with E-state index in [1.54, 1.807) is 24.9 Å². The van der Waals surface area contributed by atoms with Gasteiger partial charge < -0.3 is 4.90 Å². The molecule has 0 bridgehead atoms. The molecule has 4 nitrogen and oxygen atoms in total. The molecule has 1 aliphatic rings. The van der Waals surface area contributed by atoms with Crippen molar-refractivity contribution in [1.29, 1.82) is 0 Å². The highest BCUT2D eigenvalue weighted by atomic mass is 35.7. The Kier molecular flexibility index (Phi) is 3.87. The molecule has 1 aromatic rings. The highest BCUT2D eigenvalue weighted by molar-refractivity contribution is 8.13. The van der Waals surface area contributed by atoms with Crippen molar-refractivity contribution in [2.75, 3.05) is 7.05 Å². The Morgan fingerprint density at radius 2 is 1.95 bits per heavy atom. The van der Waals surface area contributed by atoms with Gasteiger partial charge in [0.2, 0.25) is 0 Å². The van der Waals surface area contributed by atoms with Gasteiger partial charge in [-0.3, -0.25) is 4.79 Å². The van der Waals surface area contributed by atoms with Gasteiger partial charge in [0, 0.05) is 29.3 Å². The maximum atomic E-state index is 12.3. The quantitative estimate of drug-likeness (QED) is 0.806. The molecule has 1 aliphatic carbocycles. The van der Waals surface area contributed by atoms with Crippen LogP contribution in [0.2, 0.25) is 0 Å². The van der Waals surface area contributed by atoms with E-state index in [0.717, 1.165) is 19.3 Å². The maximum absolute atomic E-state index is 12.3. The lowest BCUT2D eigenvalue weighted by Gasteiger charge is -2.34. The zero-order valence-corrected chi connectivity index (χ0v) is 12.5. The summed E-state index contributed by atoms with van der Waals surface area (Å²) in [6.45, 7) is 1.74.